The first-order valence-electron chi connectivity index (χ1n) is 9.49. The van der Waals surface area contributed by atoms with E-state index in [-0.39, 0.29) is 5.75 Å². The van der Waals surface area contributed by atoms with Crippen LogP contribution in [0.15, 0.2) is 78.9 Å². The molecule has 0 N–H and O–H groups in total. The first-order chi connectivity index (χ1) is 14.7. The van der Waals surface area contributed by atoms with E-state index in [1.807, 2.05) is 42.5 Å². The minimum atomic E-state index is -5.81. The lowest BCUT2D eigenvalue weighted by Crippen LogP contribution is -2.28. The predicted molar refractivity (Wildman–Crippen MR) is 113 cm³/mol. The van der Waals surface area contributed by atoms with E-state index in [9.17, 15) is 21.6 Å². The van der Waals surface area contributed by atoms with Gasteiger partial charge in [-0.05, 0) is 57.1 Å². The van der Waals surface area contributed by atoms with Crippen LogP contribution in [0.3, 0.4) is 0 Å². The summed E-state index contributed by atoms with van der Waals surface area (Å²) in [6.45, 7) is 0. The number of fused-ring (bicyclic) bond motifs is 4. The van der Waals surface area contributed by atoms with E-state index in [0.29, 0.717) is 16.5 Å². The zero-order valence-electron chi connectivity index (χ0n) is 16.0. The van der Waals surface area contributed by atoms with E-state index in [1.165, 1.54) is 11.6 Å². The molecule has 4 aromatic rings. The maximum atomic E-state index is 13.0. The van der Waals surface area contributed by atoms with Crippen LogP contribution in [0.2, 0.25) is 0 Å². The smallest absolute Gasteiger partial charge is 0.375 e. The lowest BCUT2D eigenvalue weighted by molar-refractivity contribution is -0.0499. The van der Waals surface area contributed by atoms with E-state index in [4.69, 9.17) is 0 Å². The van der Waals surface area contributed by atoms with Gasteiger partial charge >= 0.3 is 15.6 Å². The van der Waals surface area contributed by atoms with Gasteiger partial charge in [0.25, 0.3) is 0 Å². The van der Waals surface area contributed by atoms with Crippen LogP contribution in [-0.2, 0) is 16.5 Å². The summed E-state index contributed by atoms with van der Waals surface area (Å²) in [5, 5.41) is 1.36. The van der Waals surface area contributed by atoms with Gasteiger partial charge in [-0.3, -0.25) is 0 Å². The molecule has 3 nitrogen and oxygen atoms in total. The molecule has 156 valence electrons. The van der Waals surface area contributed by atoms with E-state index in [2.05, 4.69) is 4.18 Å². The maximum Gasteiger partial charge on any atom is 0.534 e. The van der Waals surface area contributed by atoms with Crippen molar-refractivity contribution in [3.05, 3.63) is 90.0 Å². The van der Waals surface area contributed by atoms with Crippen molar-refractivity contribution in [3.63, 3.8) is 0 Å². The van der Waals surface area contributed by atoms with Gasteiger partial charge in [-0.1, -0.05) is 66.7 Å². The van der Waals surface area contributed by atoms with Gasteiger partial charge in [0.1, 0.15) is 0 Å². The normalized spacial score (nSPS) is 13.1. The number of hydrogen-bond donors (Lipinski definition) is 0. The van der Waals surface area contributed by atoms with E-state index in [0.717, 1.165) is 28.5 Å². The van der Waals surface area contributed by atoms with Gasteiger partial charge in [-0.15, -0.1) is 0 Å². The molecule has 0 atom stereocenters. The molecule has 0 bridgehead atoms. The fourth-order valence-electron chi connectivity index (χ4n) is 4.06. The minimum absolute atomic E-state index is 0.304. The molecule has 5 rings (SSSR count). The number of benzene rings is 4. The Morgan fingerprint density at radius 1 is 0.774 bits per heavy atom. The van der Waals surface area contributed by atoms with Crippen LogP contribution in [0, 0.1) is 0 Å². The van der Waals surface area contributed by atoms with Gasteiger partial charge in [0.15, 0.2) is 5.75 Å². The minimum Gasteiger partial charge on any atom is -0.375 e. The third-order valence-corrected chi connectivity index (χ3v) is 6.43. The van der Waals surface area contributed by atoms with Gasteiger partial charge in [-0.2, -0.15) is 21.6 Å². The SMILES string of the molecule is O=S(=O)(Oc1ccc2ccccc2c1-c1ccc2c(c1)-c1ccccc1C2)C(F)(F)F. The van der Waals surface area contributed by atoms with Gasteiger partial charge in [0, 0.05) is 5.56 Å². The number of rotatable bonds is 3. The first kappa shape index (κ1) is 19.6. The van der Waals surface area contributed by atoms with Crippen molar-refractivity contribution in [1.29, 1.82) is 0 Å². The Labute approximate surface area is 176 Å². The first-order valence-corrected chi connectivity index (χ1v) is 10.9. The molecule has 0 saturated carbocycles. The Morgan fingerprint density at radius 3 is 2.29 bits per heavy atom. The number of halogens is 3. The van der Waals surface area contributed by atoms with Gasteiger partial charge in [0.2, 0.25) is 0 Å². The van der Waals surface area contributed by atoms with Crippen LogP contribution in [0.25, 0.3) is 33.0 Å². The second kappa shape index (κ2) is 6.85. The van der Waals surface area contributed by atoms with Gasteiger partial charge in [0.05, 0.1) is 0 Å². The van der Waals surface area contributed by atoms with Crippen molar-refractivity contribution < 1.29 is 25.8 Å². The second-order valence-electron chi connectivity index (χ2n) is 7.35. The summed E-state index contributed by atoms with van der Waals surface area (Å²) < 4.78 is 67.1. The Kier molecular flexibility index (Phi) is 4.34. The van der Waals surface area contributed by atoms with Crippen LogP contribution in [0.1, 0.15) is 11.1 Å². The highest BCUT2D eigenvalue weighted by molar-refractivity contribution is 7.88. The second-order valence-corrected chi connectivity index (χ2v) is 8.89. The molecule has 0 aliphatic heterocycles. The highest BCUT2D eigenvalue weighted by Crippen LogP contribution is 2.43. The molecule has 4 aromatic carbocycles. The largest absolute Gasteiger partial charge is 0.534 e. The fraction of sp³-hybridized carbons (Fsp3) is 0.0833. The van der Waals surface area contributed by atoms with Crippen molar-refractivity contribution in [2.45, 2.75) is 11.9 Å². The maximum absolute atomic E-state index is 13.0. The molecule has 1 aliphatic rings. The predicted octanol–water partition coefficient (Wildman–Crippen LogP) is 6.31. The third kappa shape index (κ3) is 3.25. The quantitative estimate of drug-likeness (QED) is 0.244. The van der Waals surface area contributed by atoms with Crippen molar-refractivity contribution in [2.24, 2.45) is 0 Å². The van der Waals surface area contributed by atoms with Crippen molar-refractivity contribution in [1.82, 2.24) is 0 Å². The van der Waals surface area contributed by atoms with E-state index < -0.39 is 15.6 Å². The molecular formula is C24H15F3O3S. The number of alkyl halides is 3. The van der Waals surface area contributed by atoms with Gasteiger partial charge < -0.3 is 4.18 Å². The third-order valence-electron chi connectivity index (χ3n) is 5.46. The molecule has 0 fully saturated rings. The summed E-state index contributed by atoms with van der Waals surface area (Å²) in [5.41, 5.74) is -0.320. The molecule has 0 aromatic heterocycles. The summed E-state index contributed by atoms with van der Waals surface area (Å²) in [7, 11) is -5.81. The zero-order chi connectivity index (χ0) is 21.8. The molecule has 0 saturated heterocycles. The molecule has 0 unspecified atom stereocenters. The zero-order valence-corrected chi connectivity index (χ0v) is 16.8. The summed E-state index contributed by atoms with van der Waals surface area (Å²) in [6.07, 6.45) is 0.771. The van der Waals surface area contributed by atoms with Crippen LogP contribution >= 0.6 is 0 Å². The Hall–Kier alpha value is -3.32. The number of hydrogen-bond acceptors (Lipinski definition) is 3. The summed E-state index contributed by atoms with van der Waals surface area (Å²) >= 11 is 0. The van der Waals surface area contributed by atoms with Crippen molar-refractivity contribution >= 4 is 20.9 Å². The Balaban J connectivity index is 1.74. The van der Waals surface area contributed by atoms with Crippen LogP contribution in [0.4, 0.5) is 13.2 Å². The topological polar surface area (TPSA) is 43.4 Å². The average molecular weight is 440 g/mol. The lowest BCUT2D eigenvalue weighted by Gasteiger charge is -2.16. The molecule has 0 spiro atoms. The highest BCUT2D eigenvalue weighted by Gasteiger charge is 2.49. The van der Waals surface area contributed by atoms with Crippen molar-refractivity contribution in [3.8, 4) is 28.0 Å². The molecular weight excluding hydrogens is 425 g/mol. The van der Waals surface area contributed by atoms with E-state index >= 15 is 0 Å². The lowest BCUT2D eigenvalue weighted by atomic mass is 9.94. The summed E-state index contributed by atoms with van der Waals surface area (Å²) in [5.74, 6) is -0.359. The van der Waals surface area contributed by atoms with Crippen molar-refractivity contribution in [2.75, 3.05) is 0 Å². The molecule has 0 radical (unpaired) electrons. The Morgan fingerprint density at radius 2 is 1.48 bits per heavy atom. The molecule has 7 heteroatoms. The molecule has 1 aliphatic carbocycles. The summed E-state index contributed by atoms with van der Waals surface area (Å²) in [4.78, 5) is 0. The van der Waals surface area contributed by atoms with Gasteiger partial charge in [-0.25, -0.2) is 0 Å². The highest BCUT2D eigenvalue weighted by atomic mass is 32.2. The van der Waals surface area contributed by atoms with E-state index in [1.54, 1.807) is 30.3 Å². The Bertz CT molecular complexity index is 1440. The standard InChI is InChI=1S/C24H15F3O3S/c25-24(26,27)31(28,29)30-22-12-11-15-5-1-4-8-20(15)23(22)18-10-9-17-13-16-6-2-3-7-19(16)21(17)14-18/h1-12,14H,13H2. The monoisotopic (exact) mass is 440 g/mol. The fourth-order valence-corrected chi connectivity index (χ4v) is 4.53. The van der Waals surface area contributed by atoms with Crippen LogP contribution < -0.4 is 4.18 Å². The summed E-state index contributed by atoms with van der Waals surface area (Å²) in [6, 6.07) is 23.4. The molecule has 0 heterocycles. The van der Waals surface area contributed by atoms with Crippen LogP contribution in [-0.4, -0.2) is 13.9 Å². The molecule has 31 heavy (non-hydrogen) atoms. The van der Waals surface area contributed by atoms with Crippen LogP contribution in [0.5, 0.6) is 5.75 Å². The molecule has 0 amide bonds. The average Bonchev–Trinajstić information content (AvgIpc) is 3.10.